The fourth-order valence-electron chi connectivity index (χ4n) is 2.18. The molecule has 0 aliphatic rings. The molecule has 0 aliphatic heterocycles. The molecule has 0 radical (unpaired) electrons. The van der Waals surface area contributed by atoms with Gasteiger partial charge in [0.05, 0.1) is 25.5 Å². The lowest BCUT2D eigenvalue weighted by molar-refractivity contribution is 0.0600. The number of carbonyl (C=O) groups excluding carboxylic acids is 1. The lowest BCUT2D eigenvalue weighted by atomic mass is 10.3. The van der Waals surface area contributed by atoms with Gasteiger partial charge in [0.15, 0.2) is 0 Å². The van der Waals surface area contributed by atoms with Crippen LogP contribution in [0.3, 0.4) is 0 Å². The minimum absolute atomic E-state index is 0.335. The van der Waals surface area contributed by atoms with Gasteiger partial charge >= 0.3 is 5.97 Å². The van der Waals surface area contributed by atoms with Crippen LogP contribution >= 0.6 is 0 Å². The smallest absolute Gasteiger partial charge is 0.338 e. The first kappa shape index (κ1) is 14.9. The molecule has 3 aromatic rings. The number of aromatic nitrogens is 2. The fraction of sp³-hybridized carbons (Fsp3) is 0.176. The second-order valence-corrected chi connectivity index (χ2v) is 4.87. The molecular formula is C17H16N2O4. The van der Waals surface area contributed by atoms with Crippen molar-refractivity contribution in [1.82, 2.24) is 9.38 Å². The van der Waals surface area contributed by atoms with Crippen LogP contribution in [-0.2, 0) is 11.3 Å². The Morgan fingerprint density at radius 1 is 1.13 bits per heavy atom. The summed E-state index contributed by atoms with van der Waals surface area (Å²) in [7, 11) is 2.97. The van der Waals surface area contributed by atoms with Gasteiger partial charge < -0.3 is 18.6 Å². The van der Waals surface area contributed by atoms with Crippen molar-refractivity contribution in [3.8, 4) is 11.5 Å². The third-order valence-corrected chi connectivity index (χ3v) is 3.38. The van der Waals surface area contributed by atoms with E-state index >= 15 is 0 Å². The lowest BCUT2D eigenvalue weighted by Gasteiger charge is -2.04. The van der Waals surface area contributed by atoms with Gasteiger partial charge in [-0.25, -0.2) is 9.78 Å². The SMILES string of the molecule is COC(=O)c1ccn2cc(COc3ccc(OC)cc3)nc2c1. The molecule has 1 aromatic carbocycles. The number of imidazole rings is 1. The van der Waals surface area contributed by atoms with E-state index in [9.17, 15) is 4.79 Å². The monoisotopic (exact) mass is 312 g/mol. The molecule has 0 bridgehead atoms. The van der Waals surface area contributed by atoms with Gasteiger partial charge in [-0.15, -0.1) is 0 Å². The first-order valence-electron chi connectivity index (χ1n) is 7.02. The molecule has 0 saturated heterocycles. The summed E-state index contributed by atoms with van der Waals surface area (Å²) in [6, 6.07) is 10.7. The number of methoxy groups -OCH3 is 2. The number of ether oxygens (including phenoxy) is 3. The minimum Gasteiger partial charge on any atom is -0.497 e. The third kappa shape index (κ3) is 3.26. The van der Waals surface area contributed by atoms with Crippen molar-refractivity contribution >= 4 is 11.6 Å². The van der Waals surface area contributed by atoms with Crippen molar-refractivity contribution in [2.24, 2.45) is 0 Å². The summed E-state index contributed by atoms with van der Waals surface area (Å²) in [4.78, 5) is 16.0. The number of fused-ring (bicyclic) bond motifs is 1. The van der Waals surface area contributed by atoms with Crippen molar-refractivity contribution in [2.45, 2.75) is 6.61 Å². The van der Waals surface area contributed by atoms with Gasteiger partial charge in [-0.2, -0.15) is 0 Å². The highest BCUT2D eigenvalue weighted by Crippen LogP contribution is 2.18. The standard InChI is InChI=1S/C17H16N2O4/c1-21-14-3-5-15(6-4-14)23-11-13-10-19-8-7-12(17(20)22-2)9-16(19)18-13/h3-10H,11H2,1-2H3. The summed E-state index contributed by atoms with van der Waals surface area (Å²) in [6.07, 6.45) is 3.63. The van der Waals surface area contributed by atoms with E-state index in [0.29, 0.717) is 17.8 Å². The van der Waals surface area contributed by atoms with Crippen LogP contribution in [0, 0.1) is 0 Å². The molecule has 0 saturated carbocycles. The van der Waals surface area contributed by atoms with Crippen molar-refractivity contribution in [2.75, 3.05) is 14.2 Å². The summed E-state index contributed by atoms with van der Waals surface area (Å²) >= 11 is 0. The fourth-order valence-corrected chi connectivity index (χ4v) is 2.18. The minimum atomic E-state index is -0.383. The molecule has 0 aliphatic carbocycles. The van der Waals surface area contributed by atoms with Gasteiger partial charge in [0.25, 0.3) is 0 Å². The van der Waals surface area contributed by atoms with Crippen LogP contribution in [0.5, 0.6) is 11.5 Å². The number of esters is 1. The number of nitrogens with zero attached hydrogens (tertiary/aromatic N) is 2. The van der Waals surface area contributed by atoms with E-state index in [0.717, 1.165) is 17.2 Å². The molecule has 6 heteroatoms. The molecular weight excluding hydrogens is 296 g/mol. The van der Waals surface area contributed by atoms with Gasteiger partial charge in [0.1, 0.15) is 23.8 Å². The average Bonchev–Trinajstić information content (AvgIpc) is 3.01. The van der Waals surface area contributed by atoms with E-state index in [1.165, 1.54) is 7.11 Å². The van der Waals surface area contributed by atoms with Crippen LogP contribution in [-0.4, -0.2) is 29.6 Å². The molecule has 0 amide bonds. The van der Waals surface area contributed by atoms with Crippen LogP contribution in [0.1, 0.15) is 16.1 Å². The normalized spacial score (nSPS) is 10.5. The van der Waals surface area contributed by atoms with Crippen molar-refractivity contribution in [1.29, 1.82) is 0 Å². The summed E-state index contributed by atoms with van der Waals surface area (Å²) in [6.45, 7) is 0.335. The molecule has 0 spiro atoms. The summed E-state index contributed by atoms with van der Waals surface area (Å²) < 4.78 is 17.3. The molecule has 118 valence electrons. The Kier molecular flexibility index (Phi) is 4.14. The molecule has 3 rings (SSSR count). The summed E-state index contributed by atoms with van der Waals surface area (Å²) in [5.41, 5.74) is 1.90. The molecule has 0 N–H and O–H groups in total. The van der Waals surface area contributed by atoms with E-state index < -0.39 is 0 Å². The van der Waals surface area contributed by atoms with E-state index in [1.54, 1.807) is 25.4 Å². The molecule has 6 nitrogen and oxygen atoms in total. The van der Waals surface area contributed by atoms with Crippen LogP contribution in [0.25, 0.3) is 5.65 Å². The largest absolute Gasteiger partial charge is 0.497 e. The molecule has 0 fully saturated rings. The summed E-state index contributed by atoms with van der Waals surface area (Å²) in [5, 5.41) is 0. The highest BCUT2D eigenvalue weighted by molar-refractivity contribution is 5.90. The summed E-state index contributed by atoms with van der Waals surface area (Å²) in [5.74, 6) is 1.13. The van der Waals surface area contributed by atoms with E-state index in [1.807, 2.05) is 34.9 Å². The van der Waals surface area contributed by atoms with Gasteiger partial charge in [-0.05, 0) is 36.4 Å². The lowest BCUT2D eigenvalue weighted by Crippen LogP contribution is -2.01. The third-order valence-electron chi connectivity index (χ3n) is 3.38. The Labute approximate surface area is 133 Å². The first-order chi connectivity index (χ1) is 11.2. The maximum Gasteiger partial charge on any atom is 0.338 e. The zero-order valence-electron chi connectivity index (χ0n) is 12.9. The Morgan fingerprint density at radius 2 is 1.87 bits per heavy atom. The van der Waals surface area contributed by atoms with Gasteiger partial charge in [0.2, 0.25) is 0 Å². The topological polar surface area (TPSA) is 62.1 Å². The number of pyridine rings is 1. The van der Waals surface area contributed by atoms with E-state index in [4.69, 9.17) is 14.2 Å². The zero-order valence-corrected chi connectivity index (χ0v) is 12.9. The van der Waals surface area contributed by atoms with Crippen molar-refractivity contribution in [3.05, 3.63) is 60.0 Å². The molecule has 2 aromatic heterocycles. The van der Waals surface area contributed by atoms with Gasteiger partial charge in [-0.3, -0.25) is 0 Å². The Hall–Kier alpha value is -3.02. The van der Waals surface area contributed by atoms with E-state index in [-0.39, 0.29) is 5.97 Å². The maximum atomic E-state index is 11.5. The van der Waals surface area contributed by atoms with Crippen LogP contribution in [0.4, 0.5) is 0 Å². The number of hydrogen-bond donors (Lipinski definition) is 0. The second kappa shape index (κ2) is 6.39. The zero-order chi connectivity index (χ0) is 16.2. The van der Waals surface area contributed by atoms with Crippen molar-refractivity contribution < 1.29 is 19.0 Å². The first-order valence-corrected chi connectivity index (χ1v) is 7.02. The predicted molar refractivity (Wildman–Crippen MR) is 83.9 cm³/mol. The Bertz CT molecular complexity index is 824. The molecule has 0 unspecified atom stereocenters. The molecule has 23 heavy (non-hydrogen) atoms. The average molecular weight is 312 g/mol. The second-order valence-electron chi connectivity index (χ2n) is 4.87. The van der Waals surface area contributed by atoms with Crippen LogP contribution in [0.15, 0.2) is 48.8 Å². The van der Waals surface area contributed by atoms with E-state index in [2.05, 4.69) is 4.98 Å². The predicted octanol–water partition coefficient (Wildman–Crippen LogP) is 2.71. The number of benzene rings is 1. The molecule has 2 heterocycles. The number of carbonyl (C=O) groups is 1. The van der Waals surface area contributed by atoms with Crippen molar-refractivity contribution in [3.63, 3.8) is 0 Å². The quantitative estimate of drug-likeness (QED) is 0.678. The van der Waals surface area contributed by atoms with Gasteiger partial charge in [-0.1, -0.05) is 0 Å². The van der Waals surface area contributed by atoms with Crippen LogP contribution < -0.4 is 9.47 Å². The Balaban J connectivity index is 1.73. The highest BCUT2D eigenvalue weighted by Gasteiger charge is 2.08. The number of hydrogen-bond acceptors (Lipinski definition) is 5. The maximum absolute atomic E-state index is 11.5. The highest BCUT2D eigenvalue weighted by atomic mass is 16.5. The molecule has 0 atom stereocenters. The Morgan fingerprint density at radius 3 is 2.57 bits per heavy atom. The number of rotatable bonds is 5. The van der Waals surface area contributed by atoms with Crippen LogP contribution in [0.2, 0.25) is 0 Å². The van der Waals surface area contributed by atoms with Gasteiger partial charge in [0, 0.05) is 12.4 Å².